The van der Waals surface area contributed by atoms with Crippen LogP contribution in [0.5, 0.6) is 5.75 Å². The Labute approximate surface area is 75.7 Å². The summed E-state index contributed by atoms with van der Waals surface area (Å²) in [7, 11) is 0. The second-order valence-corrected chi connectivity index (χ2v) is 2.96. The SMILES string of the molecule is CC1Oc2cc([NH])ccc2NC1=O. The van der Waals surface area contributed by atoms with Gasteiger partial charge in [-0.15, -0.1) is 0 Å². The van der Waals surface area contributed by atoms with Gasteiger partial charge in [0.25, 0.3) is 5.91 Å². The Morgan fingerprint density at radius 2 is 2.31 bits per heavy atom. The van der Waals surface area contributed by atoms with Crippen LogP contribution < -0.4 is 15.8 Å². The van der Waals surface area contributed by atoms with E-state index in [1.165, 1.54) is 0 Å². The summed E-state index contributed by atoms with van der Waals surface area (Å²) in [5, 5.41) is 2.69. The molecule has 0 spiro atoms. The Morgan fingerprint density at radius 3 is 3.08 bits per heavy atom. The van der Waals surface area contributed by atoms with Crippen molar-refractivity contribution in [3.05, 3.63) is 18.2 Å². The first-order chi connectivity index (χ1) is 6.16. The topological polar surface area (TPSA) is 62.1 Å². The first kappa shape index (κ1) is 7.91. The molecule has 4 nitrogen and oxygen atoms in total. The zero-order valence-electron chi connectivity index (χ0n) is 7.13. The fraction of sp³-hybridized carbons (Fsp3) is 0.222. The molecule has 1 atom stereocenters. The fourth-order valence-corrected chi connectivity index (χ4v) is 1.20. The van der Waals surface area contributed by atoms with E-state index in [-0.39, 0.29) is 5.91 Å². The van der Waals surface area contributed by atoms with Crippen LogP contribution in [0.1, 0.15) is 6.92 Å². The van der Waals surface area contributed by atoms with E-state index in [1.54, 1.807) is 25.1 Å². The van der Waals surface area contributed by atoms with Gasteiger partial charge < -0.3 is 15.8 Å². The van der Waals surface area contributed by atoms with Crippen LogP contribution in [0.4, 0.5) is 11.4 Å². The average Bonchev–Trinajstić information content (AvgIpc) is 2.08. The number of hydrogen-bond acceptors (Lipinski definition) is 2. The molecule has 13 heavy (non-hydrogen) atoms. The molecule has 1 aliphatic heterocycles. The number of nitrogens with one attached hydrogen (secondary N) is 2. The molecule has 4 heteroatoms. The number of anilines is 1. The van der Waals surface area contributed by atoms with Gasteiger partial charge in [0.05, 0.1) is 11.4 Å². The number of benzene rings is 1. The quantitative estimate of drug-likeness (QED) is 0.649. The summed E-state index contributed by atoms with van der Waals surface area (Å²) in [6.07, 6.45) is -0.478. The van der Waals surface area contributed by atoms with Crippen molar-refractivity contribution in [2.24, 2.45) is 0 Å². The first-order valence-electron chi connectivity index (χ1n) is 4.00. The van der Waals surface area contributed by atoms with Gasteiger partial charge in [-0.2, -0.15) is 0 Å². The molecule has 67 valence electrons. The van der Waals surface area contributed by atoms with Crippen molar-refractivity contribution in [3.8, 4) is 5.75 Å². The summed E-state index contributed by atoms with van der Waals surface area (Å²) in [5.41, 5.74) is 8.37. The van der Waals surface area contributed by atoms with Gasteiger partial charge in [0.1, 0.15) is 5.75 Å². The third-order valence-electron chi connectivity index (χ3n) is 1.91. The molecule has 0 saturated carbocycles. The lowest BCUT2D eigenvalue weighted by atomic mass is 10.2. The summed E-state index contributed by atoms with van der Waals surface area (Å²) >= 11 is 0. The van der Waals surface area contributed by atoms with Crippen LogP contribution in [0.25, 0.3) is 0 Å². The van der Waals surface area contributed by atoms with E-state index >= 15 is 0 Å². The van der Waals surface area contributed by atoms with Gasteiger partial charge in [-0.25, -0.2) is 0 Å². The van der Waals surface area contributed by atoms with E-state index in [0.29, 0.717) is 17.1 Å². The summed E-state index contributed by atoms with van der Waals surface area (Å²) in [5.74, 6) is 0.421. The molecule has 1 radical (unpaired) electrons. The lowest BCUT2D eigenvalue weighted by Crippen LogP contribution is -2.34. The minimum Gasteiger partial charge on any atom is -0.479 e. The van der Waals surface area contributed by atoms with Crippen molar-refractivity contribution >= 4 is 17.3 Å². The lowest BCUT2D eigenvalue weighted by Gasteiger charge is -2.23. The van der Waals surface area contributed by atoms with Crippen molar-refractivity contribution in [1.82, 2.24) is 5.73 Å². The molecule has 1 amide bonds. The summed E-state index contributed by atoms with van der Waals surface area (Å²) in [6, 6.07) is 4.87. The Hall–Kier alpha value is -1.71. The molecule has 2 rings (SSSR count). The van der Waals surface area contributed by atoms with E-state index in [2.05, 4.69) is 5.32 Å². The highest BCUT2D eigenvalue weighted by molar-refractivity contribution is 5.97. The fourth-order valence-electron chi connectivity index (χ4n) is 1.20. The van der Waals surface area contributed by atoms with Gasteiger partial charge in [0.2, 0.25) is 0 Å². The molecule has 1 aromatic carbocycles. The predicted octanol–water partition coefficient (Wildman–Crippen LogP) is 1.32. The van der Waals surface area contributed by atoms with Crippen molar-refractivity contribution in [2.45, 2.75) is 13.0 Å². The highest BCUT2D eigenvalue weighted by Gasteiger charge is 2.23. The molecule has 0 aliphatic carbocycles. The van der Waals surface area contributed by atoms with E-state index in [4.69, 9.17) is 10.5 Å². The number of carbonyl (C=O) groups is 1. The number of carbonyl (C=O) groups excluding carboxylic acids is 1. The average molecular weight is 177 g/mol. The second kappa shape index (κ2) is 2.65. The van der Waals surface area contributed by atoms with Crippen LogP contribution in [-0.2, 0) is 4.79 Å². The largest absolute Gasteiger partial charge is 0.479 e. The van der Waals surface area contributed by atoms with Crippen LogP contribution in [0.15, 0.2) is 18.2 Å². The Balaban J connectivity index is 2.42. The van der Waals surface area contributed by atoms with Gasteiger partial charge in [-0.3, -0.25) is 4.79 Å². The van der Waals surface area contributed by atoms with E-state index in [1.807, 2.05) is 0 Å². The lowest BCUT2D eigenvalue weighted by molar-refractivity contribution is -0.122. The summed E-state index contributed by atoms with van der Waals surface area (Å²) in [4.78, 5) is 11.2. The number of ether oxygens (including phenoxy) is 1. The predicted molar refractivity (Wildman–Crippen MR) is 47.9 cm³/mol. The Bertz CT molecular complexity index is 363. The maximum atomic E-state index is 11.2. The number of fused-ring (bicyclic) bond motifs is 1. The standard InChI is InChI=1S/C9H9N2O2/c1-5-9(12)11-7-3-2-6(10)4-8(7)13-5/h2-5,10H,1H3,(H,11,12). The van der Waals surface area contributed by atoms with Gasteiger partial charge in [-0.05, 0) is 19.1 Å². The molecule has 1 heterocycles. The third-order valence-corrected chi connectivity index (χ3v) is 1.91. The molecule has 1 aliphatic rings. The van der Waals surface area contributed by atoms with Gasteiger partial charge in [0.15, 0.2) is 6.10 Å². The molecular formula is C9H9N2O2. The minimum absolute atomic E-state index is 0.148. The number of hydrogen-bond donors (Lipinski definition) is 1. The molecule has 0 aromatic heterocycles. The Morgan fingerprint density at radius 1 is 1.54 bits per heavy atom. The maximum absolute atomic E-state index is 11.2. The van der Waals surface area contributed by atoms with Gasteiger partial charge in [-0.1, -0.05) is 0 Å². The highest BCUT2D eigenvalue weighted by atomic mass is 16.5. The Kier molecular flexibility index (Phi) is 1.62. The molecule has 2 N–H and O–H groups in total. The normalized spacial score (nSPS) is 20.1. The summed E-state index contributed by atoms with van der Waals surface area (Å²) < 4.78 is 5.29. The summed E-state index contributed by atoms with van der Waals surface area (Å²) in [6.45, 7) is 1.68. The first-order valence-corrected chi connectivity index (χ1v) is 4.00. The van der Waals surface area contributed by atoms with E-state index in [0.717, 1.165) is 0 Å². The third kappa shape index (κ3) is 1.30. The minimum atomic E-state index is -0.478. The van der Waals surface area contributed by atoms with Gasteiger partial charge >= 0.3 is 0 Å². The highest BCUT2D eigenvalue weighted by Crippen LogP contribution is 2.31. The van der Waals surface area contributed by atoms with Crippen LogP contribution >= 0.6 is 0 Å². The van der Waals surface area contributed by atoms with Crippen LogP contribution in [0, 0.1) is 0 Å². The van der Waals surface area contributed by atoms with Gasteiger partial charge in [0, 0.05) is 6.07 Å². The molecule has 1 aromatic rings. The van der Waals surface area contributed by atoms with Crippen LogP contribution in [0.3, 0.4) is 0 Å². The smallest absolute Gasteiger partial charge is 0.265 e. The van der Waals surface area contributed by atoms with Crippen LogP contribution in [-0.4, -0.2) is 12.0 Å². The number of rotatable bonds is 0. The van der Waals surface area contributed by atoms with Crippen molar-refractivity contribution in [1.29, 1.82) is 0 Å². The van der Waals surface area contributed by atoms with Crippen molar-refractivity contribution in [3.63, 3.8) is 0 Å². The molecule has 0 saturated heterocycles. The van der Waals surface area contributed by atoms with Crippen molar-refractivity contribution < 1.29 is 9.53 Å². The zero-order valence-corrected chi connectivity index (χ0v) is 7.13. The van der Waals surface area contributed by atoms with E-state index < -0.39 is 6.10 Å². The second-order valence-electron chi connectivity index (χ2n) is 2.96. The van der Waals surface area contributed by atoms with E-state index in [9.17, 15) is 4.79 Å². The van der Waals surface area contributed by atoms with Crippen LogP contribution in [0.2, 0.25) is 0 Å². The molecule has 0 fully saturated rings. The molecule has 0 bridgehead atoms. The molecular weight excluding hydrogens is 168 g/mol. The zero-order chi connectivity index (χ0) is 9.42. The maximum Gasteiger partial charge on any atom is 0.265 e. The monoisotopic (exact) mass is 177 g/mol. The molecule has 1 unspecified atom stereocenters. The number of amides is 1. The van der Waals surface area contributed by atoms with Crippen molar-refractivity contribution in [2.75, 3.05) is 5.32 Å².